The second kappa shape index (κ2) is 6.70. The number of nitrogens with zero attached hydrogens (tertiary/aromatic N) is 4. The van der Waals surface area contributed by atoms with Crippen LogP contribution in [0.5, 0.6) is 0 Å². The summed E-state index contributed by atoms with van der Waals surface area (Å²) in [7, 11) is 0. The first-order valence-corrected chi connectivity index (χ1v) is 7.25. The smallest absolute Gasteiger partial charge is 0.246 e. The SMILES string of the molecule is C/C=C/C(=O)N1CCN(CCn2nc(C)cc2C)CC1. The number of rotatable bonds is 4. The van der Waals surface area contributed by atoms with Gasteiger partial charge in [0.1, 0.15) is 0 Å². The van der Waals surface area contributed by atoms with Crippen LogP contribution in [0, 0.1) is 13.8 Å². The number of hydrogen-bond donors (Lipinski definition) is 0. The lowest BCUT2D eigenvalue weighted by atomic mass is 10.3. The molecule has 1 fully saturated rings. The molecule has 0 bridgehead atoms. The van der Waals surface area contributed by atoms with E-state index in [4.69, 9.17) is 0 Å². The third-order valence-electron chi connectivity index (χ3n) is 3.72. The van der Waals surface area contributed by atoms with E-state index in [0.29, 0.717) is 0 Å². The summed E-state index contributed by atoms with van der Waals surface area (Å²) in [6.45, 7) is 11.4. The quantitative estimate of drug-likeness (QED) is 0.777. The maximum atomic E-state index is 11.7. The Bertz CT molecular complexity index is 484. The van der Waals surface area contributed by atoms with Gasteiger partial charge in [0.25, 0.3) is 0 Å². The molecule has 0 atom stereocenters. The molecule has 0 aromatic carbocycles. The van der Waals surface area contributed by atoms with E-state index in [1.54, 1.807) is 12.2 Å². The van der Waals surface area contributed by atoms with Gasteiger partial charge in [-0.25, -0.2) is 0 Å². The van der Waals surface area contributed by atoms with Crippen molar-refractivity contribution in [3.63, 3.8) is 0 Å². The zero-order valence-corrected chi connectivity index (χ0v) is 12.7. The summed E-state index contributed by atoms with van der Waals surface area (Å²) < 4.78 is 2.06. The van der Waals surface area contributed by atoms with Gasteiger partial charge in [0, 0.05) is 38.4 Å². The summed E-state index contributed by atoms with van der Waals surface area (Å²) in [5.41, 5.74) is 2.29. The number of amides is 1. The molecule has 5 heteroatoms. The van der Waals surface area contributed by atoms with Crippen molar-refractivity contribution in [1.29, 1.82) is 0 Å². The molecule has 1 aliphatic heterocycles. The van der Waals surface area contributed by atoms with E-state index in [0.717, 1.165) is 45.0 Å². The van der Waals surface area contributed by atoms with Crippen LogP contribution in [0.3, 0.4) is 0 Å². The maximum absolute atomic E-state index is 11.7. The summed E-state index contributed by atoms with van der Waals surface area (Å²) in [5, 5.41) is 4.48. The second-order valence-corrected chi connectivity index (χ2v) is 5.32. The number of aryl methyl sites for hydroxylation is 2. The molecule has 1 amide bonds. The zero-order valence-electron chi connectivity index (χ0n) is 12.7. The molecule has 20 heavy (non-hydrogen) atoms. The largest absolute Gasteiger partial charge is 0.337 e. The highest BCUT2D eigenvalue weighted by atomic mass is 16.2. The van der Waals surface area contributed by atoms with Gasteiger partial charge in [-0.1, -0.05) is 6.08 Å². The second-order valence-electron chi connectivity index (χ2n) is 5.32. The molecule has 5 nitrogen and oxygen atoms in total. The van der Waals surface area contributed by atoms with E-state index in [9.17, 15) is 4.79 Å². The lowest BCUT2D eigenvalue weighted by Crippen LogP contribution is -2.48. The average molecular weight is 276 g/mol. The molecule has 1 aromatic heterocycles. The average Bonchev–Trinajstić information content (AvgIpc) is 2.75. The first kappa shape index (κ1) is 14.8. The Kier molecular flexibility index (Phi) is 4.95. The van der Waals surface area contributed by atoms with Gasteiger partial charge in [0.15, 0.2) is 0 Å². The first-order valence-electron chi connectivity index (χ1n) is 7.25. The molecule has 1 aliphatic rings. The van der Waals surface area contributed by atoms with Crippen molar-refractivity contribution in [2.24, 2.45) is 0 Å². The van der Waals surface area contributed by atoms with E-state index < -0.39 is 0 Å². The zero-order chi connectivity index (χ0) is 14.5. The van der Waals surface area contributed by atoms with Gasteiger partial charge < -0.3 is 4.90 Å². The fourth-order valence-electron chi connectivity index (χ4n) is 2.58. The van der Waals surface area contributed by atoms with Gasteiger partial charge in [0.05, 0.1) is 12.2 Å². The van der Waals surface area contributed by atoms with Crippen LogP contribution in [-0.2, 0) is 11.3 Å². The van der Waals surface area contributed by atoms with E-state index in [1.807, 2.05) is 18.7 Å². The van der Waals surface area contributed by atoms with Gasteiger partial charge in [-0.2, -0.15) is 5.10 Å². The number of carbonyl (C=O) groups is 1. The minimum atomic E-state index is 0.130. The Hall–Kier alpha value is -1.62. The lowest BCUT2D eigenvalue weighted by Gasteiger charge is -2.34. The Labute approximate surface area is 120 Å². The molecule has 0 N–H and O–H groups in total. The highest BCUT2D eigenvalue weighted by Gasteiger charge is 2.19. The van der Waals surface area contributed by atoms with Crippen LogP contribution in [0.25, 0.3) is 0 Å². The van der Waals surface area contributed by atoms with Gasteiger partial charge in [-0.3, -0.25) is 14.4 Å². The van der Waals surface area contributed by atoms with Crippen molar-refractivity contribution in [3.05, 3.63) is 29.6 Å². The minimum Gasteiger partial charge on any atom is -0.337 e. The third-order valence-corrected chi connectivity index (χ3v) is 3.72. The summed E-state index contributed by atoms with van der Waals surface area (Å²) in [5.74, 6) is 0.130. The normalized spacial score (nSPS) is 17.1. The number of piperazine rings is 1. The molecule has 110 valence electrons. The van der Waals surface area contributed by atoms with Crippen molar-refractivity contribution in [3.8, 4) is 0 Å². The highest BCUT2D eigenvalue weighted by molar-refractivity contribution is 5.87. The van der Waals surface area contributed by atoms with Crippen LogP contribution in [0.1, 0.15) is 18.3 Å². The van der Waals surface area contributed by atoms with Crippen molar-refractivity contribution in [2.45, 2.75) is 27.3 Å². The fraction of sp³-hybridized carbons (Fsp3) is 0.600. The van der Waals surface area contributed by atoms with Gasteiger partial charge in [-0.15, -0.1) is 0 Å². The standard InChI is InChI=1S/C15H24N4O/c1-4-5-15(20)18-9-6-17(7-10-18)8-11-19-14(3)12-13(2)16-19/h4-5,12H,6-11H2,1-3H3/b5-4+. The predicted molar refractivity (Wildman–Crippen MR) is 79.5 cm³/mol. The van der Waals surface area contributed by atoms with Gasteiger partial charge in [0.2, 0.25) is 5.91 Å². The Morgan fingerprint density at radius 2 is 1.95 bits per heavy atom. The van der Waals surface area contributed by atoms with Crippen LogP contribution in [0.4, 0.5) is 0 Å². The van der Waals surface area contributed by atoms with Crippen LogP contribution in [0.15, 0.2) is 18.2 Å². The Morgan fingerprint density at radius 3 is 2.50 bits per heavy atom. The van der Waals surface area contributed by atoms with Crippen LogP contribution in [0.2, 0.25) is 0 Å². The molecule has 2 rings (SSSR count). The van der Waals surface area contributed by atoms with Gasteiger partial charge in [-0.05, 0) is 32.9 Å². The maximum Gasteiger partial charge on any atom is 0.246 e. The monoisotopic (exact) mass is 276 g/mol. The fourth-order valence-corrected chi connectivity index (χ4v) is 2.58. The first-order chi connectivity index (χ1) is 9.60. The summed E-state index contributed by atoms with van der Waals surface area (Å²) in [6, 6.07) is 2.10. The number of carbonyl (C=O) groups excluding carboxylic acids is 1. The minimum absolute atomic E-state index is 0.130. The molecule has 0 unspecified atom stereocenters. The van der Waals surface area contributed by atoms with E-state index in [-0.39, 0.29) is 5.91 Å². The topological polar surface area (TPSA) is 41.4 Å². The third kappa shape index (κ3) is 3.70. The molecule has 0 spiro atoms. The summed E-state index contributed by atoms with van der Waals surface area (Å²) in [4.78, 5) is 16.1. The number of allylic oxidation sites excluding steroid dienone is 1. The van der Waals surface area contributed by atoms with E-state index in [1.165, 1.54) is 5.69 Å². The number of hydrogen-bond acceptors (Lipinski definition) is 3. The lowest BCUT2D eigenvalue weighted by molar-refractivity contribution is -0.127. The molecule has 1 saturated heterocycles. The molecule has 0 aliphatic carbocycles. The van der Waals surface area contributed by atoms with Crippen LogP contribution in [-0.4, -0.2) is 58.2 Å². The molecule has 0 saturated carbocycles. The predicted octanol–water partition coefficient (Wildman–Crippen LogP) is 1.22. The highest BCUT2D eigenvalue weighted by Crippen LogP contribution is 2.05. The van der Waals surface area contributed by atoms with Gasteiger partial charge >= 0.3 is 0 Å². The Balaban J connectivity index is 1.77. The van der Waals surface area contributed by atoms with Crippen molar-refractivity contribution in [1.82, 2.24) is 19.6 Å². The molecular formula is C15H24N4O. The molecule has 0 radical (unpaired) electrons. The van der Waals surface area contributed by atoms with Crippen molar-refractivity contribution >= 4 is 5.91 Å². The number of aromatic nitrogens is 2. The Morgan fingerprint density at radius 1 is 1.25 bits per heavy atom. The molecule has 1 aromatic rings. The van der Waals surface area contributed by atoms with E-state index in [2.05, 4.69) is 27.7 Å². The van der Waals surface area contributed by atoms with E-state index >= 15 is 0 Å². The summed E-state index contributed by atoms with van der Waals surface area (Å²) >= 11 is 0. The van der Waals surface area contributed by atoms with Crippen LogP contribution < -0.4 is 0 Å². The summed E-state index contributed by atoms with van der Waals surface area (Å²) in [6.07, 6.45) is 3.45. The molecule has 2 heterocycles. The van der Waals surface area contributed by atoms with Crippen LogP contribution >= 0.6 is 0 Å². The van der Waals surface area contributed by atoms with Crippen molar-refractivity contribution in [2.75, 3.05) is 32.7 Å². The van der Waals surface area contributed by atoms with Crippen molar-refractivity contribution < 1.29 is 4.79 Å². The molecular weight excluding hydrogens is 252 g/mol.